The van der Waals surface area contributed by atoms with E-state index in [9.17, 15) is 9.59 Å². The van der Waals surface area contributed by atoms with Crippen LogP contribution in [0, 0.1) is 0 Å². The number of aromatic nitrogens is 2. The quantitative estimate of drug-likeness (QED) is 0.526. The number of benzene rings is 1. The van der Waals surface area contributed by atoms with Crippen LogP contribution in [0.25, 0.3) is 10.2 Å². The number of carbonyl (C=O) groups excluding carboxylic acids is 1. The Morgan fingerprint density at radius 1 is 1.24 bits per heavy atom. The molecule has 1 N–H and O–H groups in total. The SMILES string of the molecule is COc1ccc(NC(=O)C(C)n2c(CN3CCCC3)nc3sc4c(c3c2=O)CCCC4)cc1Cl. The molecule has 9 heteroatoms. The Morgan fingerprint density at radius 3 is 2.74 bits per heavy atom. The van der Waals surface area contributed by atoms with Gasteiger partial charge in [-0.15, -0.1) is 11.3 Å². The van der Waals surface area contributed by atoms with Crippen LogP contribution in [0.3, 0.4) is 0 Å². The Morgan fingerprint density at radius 2 is 2.00 bits per heavy atom. The van der Waals surface area contributed by atoms with Gasteiger partial charge in [0.1, 0.15) is 22.4 Å². The summed E-state index contributed by atoms with van der Waals surface area (Å²) in [4.78, 5) is 36.6. The number of anilines is 1. The molecule has 2 aromatic heterocycles. The van der Waals surface area contributed by atoms with Gasteiger partial charge in [-0.3, -0.25) is 19.1 Å². The second-order valence-corrected chi connectivity index (χ2v) is 10.6. The standard InChI is InChI=1S/C25H29ClN4O3S/c1-15(23(31)27-16-9-10-19(33-2)18(26)13-16)30-21(14-29-11-5-6-12-29)28-24-22(25(30)32)17-7-3-4-8-20(17)34-24/h9-10,13,15H,3-8,11-12,14H2,1-2H3,(H,27,31). The summed E-state index contributed by atoms with van der Waals surface area (Å²) in [6, 6.07) is 4.37. The van der Waals surface area contributed by atoms with Crippen molar-refractivity contribution in [3.05, 3.63) is 49.8 Å². The Kier molecular flexibility index (Phi) is 6.64. The van der Waals surface area contributed by atoms with Gasteiger partial charge in [0.25, 0.3) is 5.56 Å². The largest absolute Gasteiger partial charge is 0.495 e. The molecular formula is C25H29ClN4O3S. The highest BCUT2D eigenvalue weighted by molar-refractivity contribution is 7.18. The molecule has 3 aromatic rings. The summed E-state index contributed by atoms with van der Waals surface area (Å²) < 4.78 is 6.81. The molecule has 0 bridgehead atoms. The molecular weight excluding hydrogens is 472 g/mol. The summed E-state index contributed by atoms with van der Waals surface area (Å²) in [5.41, 5.74) is 1.59. The van der Waals surface area contributed by atoms with Crippen LogP contribution in [0.4, 0.5) is 5.69 Å². The van der Waals surface area contributed by atoms with Crippen molar-refractivity contribution < 1.29 is 9.53 Å². The molecule has 3 heterocycles. The first kappa shape index (κ1) is 23.3. The number of amides is 1. The van der Waals surface area contributed by atoms with Crippen LogP contribution in [0.2, 0.25) is 5.02 Å². The molecule has 34 heavy (non-hydrogen) atoms. The van der Waals surface area contributed by atoms with Crippen molar-refractivity contribution in [1.82, 2.24) is 14.5 Å². The number of thiophene rings is 1. The fourth-order valence-electron chi connectivity index (χ4n) is 5.02. The maximum absolute atomic E-state index is 13.9. The third kappa shape index (κ3) is 4.34. The first-order valence-electron chi connectivity index (χ1n) is 11.9. The van der Waals surface area contributed by atoms with Crippen molar-refractivity contribution in [1.29, 1.82) is 0 Å². The topological polar surface area (TPSA) is 76.5 Å². The average Bonchev–Trinajstić information content (AvgIpc) is 3.46. The molecule has 1 atom stereocenters. The maximum Gasteiger partial charge on any atom is 0.263 e. The van der Waals surface area contributed by atoms with Gasteiger partial charge in [0.05, 0.1) is 24.1 Å². The number of nitrogens with one attached hydrogen (secondary N) is 1. The maximum atomic E-state index is 13.9. The molecule has 2 aliphatic rings. The van der Waals surface area contributed by atoms with E-state index in [2.05, 4.69) is 10.2 Å². The number of carbonyl (C=O) groups is 1. The lowest BCUT2D eigenvalue weighted by atomic mass is 9.97. The Labute approximate surface area is 207 Å². The highest BCUT2D eigenvalue weighted by Crippen LogP contribution is 2.34. The Balaban J connectivity index is 1.54. The molecule has 5 rings (SSSR count). The lowest BCUT2D eigenvalue weighted by Crippen LogP contribution is -2.36. The zero-order valence-corrected chi connectivity index (χ0v) is 21.1. The molecule has 7 nitrogen and oxygen atoms in total. The predicted molar refractivity (Wildman–Crippen MR) is 136 cm³/mol. The number of fused-ring (bicyclic) bond motifs is 3. The number of hydrogen-bond donors (Lipinski definition) is 1. The van der Waals surface area contributed by atoms with E-state index in [0.29, 0.717) is 34.2 Å². The summed E-state index contributed by atoms with van der Waals surface area (Å²) in [5.74, 6) is 0.915. The number of rotatable bonds is 6. The third-order valence-electron chi connectivity index (χ3n) is 6.84. The number of halogens is 1. The molecule has 1 amide bonds. The summed E-state index contributed by atoms with van der Waals surface area (Å²) >= 11 is 7.88. The van der Waals surface area contributed by atoms with Crippen LogP contribution in [0.15, 0.2) is 23.0 Å². The van der Waals surface area contributed by atoms with Crippen molar-refractivity contribution in [2.24, 2.45) is 0 Å². The van der Waals surface area contributed by atoms with Crippen LogP contribution in [0.5, 0.6) is 5.75 Å². The van der Waals surface area contributed by atoms with Crippen LogP contribution in [-0.4, -0.2) is 40.6 Å². The van der Waals surface area contributed by atoms with E-state index in [1.54, 1.807) is 48.1 Å². The van der Waals surface area contributed by atoms with E-state index in [1.165, 1.54) is 4.88 Å². The van der Waals surface area contributed by atoms with E-state index in [-0.39, 0.29) is 11.5 Å². The zero-order chi connectivity index (χ0) is 23.8. The fourth-order valence-corrected chi connectivity index (χ4v) is 6.55. The van der Waals surface area contributed by atoms with Gasteiger partial charge in [0, 0.05) is 10.6 Å². The lowest BCUT2D eigenvalue weighted by Gasteiger charge is -2.22. The fraction of sp³-hybridized carbons (Fsp3) is 0.480. The highest BCUT2D eigenvalue weighted by Gasteiger charge is 2.27. The van der Waals surface area contributed by atoms with E-state index in [4.69, 9.17) is 21.3 Å². The molecule has 0 radical (unpaired) electrons. The van der Waals surface area contributed by atoms with Gasteiger partial charge < -0.3 is 10.1 Å². The number of hydrogen-bond acceptors (Lipinski definition) is 6. The minimum atomic E-state index is -0.720. The van der Waals surface area contributed by atoms with Gasteiger partial charge in [0.2, 0.25) is 5.91 Å². The van der Waals surface area contributed by atoms with Crippen LogP contribution < -0.4 is 15.6 Å². The second kappa shape index (κ2) is 9.68. The van der Waals surface area contributed by atoms with Gasteiger partial charge in [0.15, 0.2) is 0 Å². The molecule has 1 saturated heterocycles. The summed E-state index contributed by atoms with van der Waals surface area (Å²) in [6.07, 6.45) is 6.44. The van der Waals surface area contributed by atoms with E-state index in [1.807, 2.05) is 0 Å². The van der Waals surface area contributed by atoms with E-state index in [0.717, 1.165) is 62.0 Å². The lowest BCUT2D eigenvalue weighted by molar-refractivity contribution is -0.119. The number of ether oxygens (including phenoxy) is 1. The minimum Gasteiger partial charge on any atom is -0.495 e. The van der Waals surface area contributed by atoms with Crippen LogP contribution >= 0.6 is 22.9 Å². The molecule has 1 aliphatic heterocycles. The van der Waals surface area contributed by atoms with E-state index < -0.39 is 6.04 Å². The Hall–Kier alpha value is -2.42. The molecule has 0 spiro atoms. The monoisotopic (exact) mass is 500 g/mol. The number of methoxy groups -OCH3 is 1. The molecule has 180 valence electrons. The number of nitrogens with zero attached hydrogens (tertiary/aromatic N) is 3. The van der Waals surface area contributed by atoms with Crippen molar-refractivity contribution in [3.63, 3.8) is 0 Å². The molecule has 1 unspecified atom stereocenters. The number of aryl methyl sites for hydroxylation is 2. The van der Waals surface area contributed by atoms with Gasteiger partial charge >= 0.3 is 0 Å². The molecule has 1 aliphatic carbocycles. The third-order valence-corrected chi connectivity index (χ3v) is 8.32. The van der Waals surface area contributed by atoms with Crippen LogP contribution in [0.1, 0.15) is 54.9 Å². The molecule has 1 fully saturated rings. The van der Waals surface area contributed by atoms with Crippen molar-refractivity contribution in [2.75, 3.05) is 25.5 Å². The Bertz CT molecular complexity index is 1300. The molecule has 1 aromatic carbocycles. The van der Waals surface area contributed by atoms with E-state index >= 15 is 0 Å². The first-order valence-corrected chi connectivity index (χ1v) is 13.1. The van der Waals surface area contributed by atoms with Gasteiger partial charge in [-0.1, -0.05) is 11.6 Å². The summed E-state index contributed by atoms with van der Waals surface area (Å²) in [7, 11) is 1.54. The molecule has 0 saturated carbocycles. The van der Waals surface area contributed by atoms with Gasteiger partial charge in [-0.2, -0.15) is 0 Å². The van der Waals surface area contributed by atoms with Gasteiger partial charge in [-0.05, 0) is 82.3 Å². The van der Waals surface area contributed by atoms with Crippen molar-refractivity contribution in [2.45, 2.75) is 58.0 Å². The average molecular weight is 501 g/mol. The smallest absolute Gasteiger partial charge is 0.263 e. The number of likely N-dealkylation sites (tertiary alicyclic amines) is 1. The zero-order valence-electron chi connectivity index (χ0n) is 19.5. The summed E-state index contributed by atoms with van der Waals surface area (Å²) in [6.45, 7) is 4.31. The summed E-state index contributed by atoms with van der Waals surface area (Å²) in [5, 5.41) is 4.02. The minimum absolute atomic E-state index is 0.103. The van der Waals surface area contributed by atoms with Crippen LogP contribution in [-0.2, 0) is 24.2 Å². The predicted octanol–water partition coefficient (Wildman–Crippen LogP) is 4.79. The van der Waals surface area contributed by atoms with Crippen molar-refractivity contribution in [3.8, 4) is 5.75 Å². The van der Waals surface area contributed by atoms with Gasteiger partial charge in [-0.25, -0.2) is 4.98 Å². The highest BCUT2D eigenvalue weighted by atomic mass is 35.5. The first-order chi connectivity index (χ1) is 16.5. The normalized spacial score (nSPS) is 17.0. The second-order valence-electron chi connectivity index (χ2n) is 9.09. The van der Waals surface area contributed by atoms with Crippen molar-refractivity contribution >= 4 is 44.7 Å².